The van der Waals surface area contributed by atoms with Gasteiger partial charge < -0.3 is 15.0 Å². The maximum absolute atomic E-state index is 12.3. The molecule has 0 radical (unpaired) electrons. The summed E-state index contributed by atoms with van der Waals surface area (Å²) in [4.78, 5) is 25.5. The molecule has 0 unspecified atom stereocenters. The van der Waals surface area contributed by atoms with Gasteiger partial charge in [0.1, 0.15) is 0 Å². The Bertz CT molecular complexity index is 525. The number of alkyl carbamates (subject to hydrolysis) is 1. The van der Waals surface area contributed by atoms with Crippen molar-refractivity contribution in [3.05, 3.63) is 34.9 Å². The number of halogens is 1. The Hall–Kier alpha value is -1.75. The molecule has 0 aromatic heterocycles. The first-order chi connectivity index (χ1) is 11.1. The molecule has 0 atom stereocenters. The molecule has 1 saturated heterocycles. The van der Waals surface area contributed by atoms with Crippen LogP contribution in [0, 0.1) is 0 Å². The lowest BCUT2D eigenvalue weighted by molar-refractivity contribution is -0.132. The van der Waals surface area contributed by atoms with Crippen molar-refractivity contribution < 1.29 is 14.3 Å². The Morgan fingerprint density at radius 1 is 1.26 bits per heavy atom. The summed E-state index contributed by atoms with van der Waals surface area (Å²) in [5.74, 6) is 0.162. The van der Waals surface area contributed by atoms with Crippen LogP contribution in [-0.2, 0) is 16.0 Å². The van der Waals surface area contributed by atoms with E-state index in [-0.39, 0.29) is 18.0 Å². The zero-order valence-corrected chi connectivity index (χ0v) is 14.1. The van der Waals surface area contributed by atoms with Gasteiger partial charge in [0, 0.05) is 30.6 Å². The monoisotopic (exact) mass is 338 g/mol. The van der Waals surface area contributed by atoms with E-state index in [9.17, 15) is 9.59 Å². The van der Waals surface area contributed by atoms with Crippen LogP contribution in [0.5, 0.6) is 0 Å². The number of likely N-dealkylation sites (tertiary alicyclic amines) is 1. The van der Waals surface area contributed by atoms with E-state index < -0.39 is 0 Å². The summed E-state index contributed by atoms with van der Waals surface area (Å²) in [5, 5.41) is 3.54. The SMILES string of the molecule is CCOC(=O)NC1CCN(C(=O)CCc2ccc(Cl)cc2)CC1. The lowest BCUT2D eigenvalue weighted by Crippen LogP contribution is -2.46. The molecule has 6 heteroatoms. The van der Waals surface area contributed by atoms with Crippen LogP contribution in [0.15, 0.2) is 24.3 Å². The number of benzene rings is 1. The molecule has 1 heterocycles. The van der Waals surface area contributed by atoms with Crippen LogP contribution in [0.2, 0.25) is 5.02 Å². The number of hydrogen-bond acceptors (Lipinski definition) is 3. The fourth-order valence-corrected chi connectivity index (χ4v) is 2.80. The average Bonchev–Trinajstić information content (AvgIpc) is 2.55. The van der Waals surface area contributed by atoms with E-state index in [1.165, 1.54) is 0 Å². The Morgan fingerprint density at radius 2 is 1.91 bits per heavy atom. The maximum Gasteiger partial charge on any atom is 0.407 e. The average molecular weight is 339 g/mol. The first kappa shape index (κ1) is 17.6. The second-order valence-corrected chi connectivity index (χ2v) is 6.08. The smallest absolute Gasteiger partial charge is 0.407 e. The zero-order valence-electron chi connectivity index (χ0n) is 13.4. The van der Waals surface area contributed by atoms with E-state index >= 15 is 0 Å². The van der Waals surface area contributed by atoms with Gasteiger partial charge in [-0.2, -0.15) is 0 Å². The van der Waals surface area contributed by atoms with E-state index in [1.807, 2.05) is 29.2 Å². The fourth-order valence-electron chi connectivity index (χ4n) is 2.67. The van der Waals surface area contributed by atoms with E-state index in [4.69, 9.17) is 16.3 Å². The molecule has 0 saturated carbocycles. The molecule has 0 aliphatic carbocycles. The van der Waals surface area contributed by atoms with Crippen molar-refractivity contribution >= 4 is 23.6 Å². The van der Waals surface area contributed by atoms with Gasteiger partial charge in [-0.1, -0.05) is 23.7 Å². The van der Waals surface area contributed by atoms with Crippen LogP contribution in [-0.4, -0.2) is 42.6 Å². The number of nitrogens with zero attached hydrogens (tertiary/aromatic N) is 1. The minimum atomic E-state index is -0.375. The minimum absolute atomic E-state index is 0.0920. The summed E-state index contributed by atoms with van der Waals surface area (Å²) in [6.07, 6.45) is 2.38. The van der Waals surface area contributed by atoms with E-state index in [0.717, 1.165) is 24.8 Å². The van der Waals surface area contributed by atoms with Gasteiger partial charge in [0.2, 0.25) is 5.91 Å². The summed E-state index contributed by atoms with van der Waals surface area (Å²) in [6.45, 7) is 3.50. The quantitative estimate of drug-likeness (QED) is 0.897. The lowest BCUT2D eigenvalue weighted by atomic mass is 10.0. The van der Waals surface area contributed by atoms with Crippen molar-refractivity contribution in [2.75, 3.05) is 19.7 Å². The normalized spacial score (nSPS) is 15.3. The van der Waals surface area contributed by atoms with Crippen molar-refractivity contribution in [2.24, 2.45) is 0 Å². The molecule has 2 rings (SSSR count). The highest BCUT2D eigenvalue weighted by Crippen LogP contribution is 2.14. The van der Waals surface area contributed by atoms with Gasteiger partial charge in [-0.3, -0.25) is 4.79 Å². The lowest BCUT2D eigenvalue weighted by Gasteiger charge is -2.32. The Balaban J connectivity index is 1.71. The summed E-state index contributed by atoms with van der Waals surface area (Å²) in [5.41, 5.74) is 1.11. The second-order valence-electron chi connectivity index (χ2n) is 5.65. The van der Waals surface area contributed by atoms with E-state index in [2.05, 4.69) is 5.32 Å². The molecular weight excluding hydrogens is 316 g/mol. The van der Waals surface area contributed by atoms with Crippen molar-refractivity contribution in [3.63, 3.8) is 0 Å². The summed E-state index contributed by atoms with van der Waals surface area (Å²) in [6, 6.07) is 7.67. The molecule has 0 spiro atoms. The molecule has 1 fully saturated rings. The third-order valence-electron chi connectivity index (χ3n) is 3.99. The van der Waals surface area contributed by atoms with Gasteiger partial charge in [-0.05, 0) is 43.9 Å². The standard InChI is InChI=1S/C17H23ClN2O3/c1-2-23-17(22)19-15-9-11-20(12-10-15)16(21)8-5-13-3-6-14(18)7-4-13/h3-4,6-7,15H,2,5,8-12H2,1H3,(H,19,22). The molecule has 126 valence electrons. The number of carbonyl (C=O) groups excluding carboxylic acids is 2. The third-order valence-corrected chi connectivity index (χ3v) is 4.24. The number of carbonyl (C=O) groups is 2. The van der Waals surface area contributed by atoms with Crippen LogP contribution < -0.4 is 5.32 Å². The molecule has 5 nitrogen and oxygen atoms in total. The first-order valence-corrected chi connectivity index (χ1v) is 8.41. The molecular formula is C17H23ClN2O3. The molecule has 1 aromatic carbocycles. The Labute approximate surface area is 141 Å². The first-order valence-electron chi connectivity index (χ1n) is 8.04. The number of amides is 2. The van der Waals surface area contributed by atoms with Crippen molar-refractivity contribution in [2.45, 2.75) is 38.6 Å². The van der Waals surface area contributed by atoms with Crippen molar-refractivity contribution in [1.29, 1.82) is 0 Å². The number of hydrogen-bond donors (Lipinski definition) is 1. The van der Waals surface area contributed by atoms with Gasteiger partial charge in [-0.15, -0.1) is 0 Å². The number of nitrogens with one attached hydrogen (secondary N) is 1. The number of aryl methyl sites for hydroxylation is 1. The van der Waals surface area contributed by atoms with Gasteiger partial charge in [-0.25, -0.2) is 4.79 Å². The van der Waals surface area contributed by atoms with Crippen LogP contribution in [0.3, 0.4) is 0 Å². The molecule has 1 N–H and O–H groups in total. The molecule has 1 aromatic rings. The summed E-state index contributed by atoms with van der Waals surface area (Å²) >= 11 is 5.85. The maximum atomic E-state index is 12.3. The molecule has 1 aliphatic rings. The number of ether oxygens (including phenoxy) is 1. The van der Waals surface area contributed by atoms with E-state index in [1.54, 1.807) is 6.92 Å². The zero-order chi connectivity index (χ0) is 16.7. The minimum Gasteiger partial charge on any atom is -0.450 e. The molecule has 1 aliphatic heterocycles. The predicted octanol–water partition coefficient (Wildman–Crippen LogP) is 3.01. The largest absolute Gasteiger partial charge is 0.450 e. The number of rotatable bonds is 5. The Kier molecular flexibility index (Phi) is 6.71. The van der Waals surface area contributed by atoms with Crippen LogP contribution in [0.25, 0.3) is 0 Å². The van der Waals surface area contributed by atoms with Crippen molar-refractivity contribution in [1.82, 2.24) is 10.2 Å². The number of piperidine rings is 1. The molecule has 2 amide bonds. The molecule has 23 heavy (non-hydrogen) atoms. The van der Waals surface area contributed by atoms with Crippen LogP contribution in [0.4, 0.5) is 4.79 Å². The fraction of sp³-hybridized carbons (Fsp3) is 0.529. The van der Waals surface area contributed by atoms with Crippen LogP contribution in [0.1, 0.15) is 31.7 Å². The predicted molar refractivity (Wildman–Crippen MR) is 89.5 cm³/mol. The highest BCUT2D eigenvalue weighted by atomic mass is 35.5. The van der Waals surface area contributed by atoms with Crippen molar-refractivity contribution in [3.8, 4) is 0 Å². The topological polar surface area (TPSA) is 58.6 Å². The van der Waals surface area contributed by atoms with Crippen LogP contribution >= 0.6 is 11.6 Å². The Morgan fingerprint density at radius 3 is 2.52 bits per heavy atom. The summed E-state index contributed by atoms with van der Waals surface area (Å²) in [7, 11) is 0. The van der Waals surface area contributed by atoms with Gasteiger partial charge in [0.25, 0.3) is 0 Å². The van der Waals surface area contributed by atoms with Gasteiger partial charge in [0.15, 0.2) is 0 Å². The highest BCUT2D eigenvalue weighted by Gasteiger charge is 2.23. The highest BCUT2D eigenvalue weighted by molar-refractivity contribution is 6.30. The summed E-state index contributed by atoms with van der Waals surface area (Å²) < 4.78 is 4.87. The molecule has 0 bridgehead atoms. The second kappa shape index (κ2) is 8.77. The third kappa shape index (κ3) is 5.75. The van der Waals surface area contributed by atoms with E-state index in [0.29, 0.717) is 31.1 Å². The van der Waals surface area contributed by atoms with Gasteiger partial charge in [0.05, 0.1) is 6.61 Å². The van der Waals surface area contributed by atoms with Gasteiger partial charge >= 0.3 is 6.09 Å².